The van der Waals surface area contributed by atoms with Gasteiger partial charge in [-0.15, -0.1) is 0 Å². The van der Waals surface area contributed by atoms with Crippen molar-refractivity contribution in [1.29, 1.82) is 0 Å². The van der Waals surface area contributed by atoms with Crippen LogP contribution >= 0.6 is 0 Å². The molecule has 2 atom stereocenters. The largest absolute Gasteiger partial charge is 0.512 e. The van der Waals surface area contributed by atoms with Gasteiger partial charge in [-0.3, -0.25) is 4.79 Å². The number of pyridine rings is 1. The lowest BCUT2D eigenvalue weighted by Crippen LogP contribution is -2.23. The van der Waals surface area contributed by atoms with Crippen LogP contribution in [0.25, 0.3) is 0 Å². The van der Waals surface area contributed by atoms with E-state index in [1.54, 1.807) is 19.1 Å². The molecule has 0 amide bonds. The number of ether oxygens (including phenoxy) is 2. The van der Waals surface area contributed by atoms with Gasteiger partial charge in [0, 0.05) is 18.2 Å². The Balaban J connectivity index is 2.58. The average Bonchev–Trinajstić information content (AvgIpc) is 2.54. The quantitative estimate of drug-likeness (QED) is 0.678. The summed E-state index contributed by atoms with van der Waals surface area (Å²) >= 11 is 0. The van der Waals surface area contributed by atoms with E-state index >= 15 is 0 Å². The Hall–Kier alpha value is -2.37. The minimum atomic E-state index is -0.669. The van der Waals surface area contributed by atoms with Gasteiger partial charge in [0.1, 0.15) is 12.0 Å². The molecule has 118 valence electrons. The lowest BCUT2D eigenvalue weighted by Gasteiger charge is -2.24. The molecule has 1 N–H and O–H groups in total. The molecule has 6 nitrogen and oxygen atoms in total. The smallest absolute Gasteiger partial charge is 0.313 e. The minimum Gasteiger partial charge on any atom is -0.512 e. The van der Waals surface area contributed by atoms with Crippen molar-refractivity contribution >= 4 is 12.3 Å². The summed E-state index contributed by atoms with van der Waals surface area (Å²) in [5.41, 5.74) is 1.87. The SMILES string of the molecule is COC(=O)[C@H]1CC(C)=C(O)C(C=O)Cc2nc(OC)ccc21. The van der Waals surface area contributed by atoms with Crippen LogP contribution in [0.5, 0.6) is 5.88 Å². The number of carbonyl (C=O) groups is 2. The molecule has 1 heterocycles. The highest BCUT2D eigenvalue weighted by Gasteiger charge is 2.31. The number of fused-ring (bicyclic) bond motifs is 1. The van der Waals surface area contributed by atoms with Gasteiger partial charge in [-0.25, -0.2) is 4.98 Å². The van der Waals surface area contributed by atoms with Crippen LogP contribution in [-0.4, -0.2) is 36.6 Å². The summed E-state index contributed by atoms with van der Waals surface area (Å²) in [5, 5.41) is 10.2. The lowest BCUT2D eigenvalue weighted by molar-refractivity contribution is -0.142. The zero-order valence-corrected chi connectivity index (χ0v) is 12.8. The normalized spacial score (nSPS) is 21.4. The lowest BCUT2D eigenvalue weighted by atomic mass is 9.83. The number of methoxy groups -OCH3 is 2. The van der Waals surface area contributed by atoms with Gasteiger partial charge in [-0.1, -0.05) is 6.07 Å². The molecular weight excluding hydrogens is 286 g/mol. The van der Waals surface area contributed by atoms with Gasteiger partial charge in [0.15, 0.2) is 0 Å². The first-order valence-corrected chi connectivity index (χ1v) is 6.97. The van der Waals surface area contributed by atoms with Crippen LogP contribution in [0.2, 0.25) is 0 Å². The van der Waals surface area contributed by atoms with E-state index in [0.717, 1.165) is 0 Å². The number of hydrogen-bond donors (Lipinski definition) is 1. The molecule has 1 aromatic rings. The zero-order valence-electron chi connectivity index (χ0n) is 12.8. The van der Waals surface area contributed by atoms with E-state index in [4.69, 9.17) is 9.47 Å². The van der Waals surface area contributed by atoms with Crippen molar-refractivity contribution in [3.05, 3.63) is 34.7 Å². The summed E-state index contributed by atoms with van der Waals surface area (Å²) in [4.78, 5) is 27.7. The van der Waals surface area contributed by atoms with Gasteiger partial charge in [0.25, 0.3) is 0 Å². The number of allylic oxidation sites excluding steroid dienone is 2. The van der Waals surface area contributed by atoms with Crippen molar-refractivity contribution in [2.45, 2.75) is 25.7 Å². The summed E-state index contributed by atoms with van der Waals surface area (Å²) in [6, 6.07) is 3.44. The maximum atomic E-state index is 12.1. The number of carbonyl (C=O) groups excluding carboxylic acids is 2. The van der Waals surface area contributed by atoms with Crippen molar-refractivity contribution in [1.82, 2.24) is 4.98 Å². The van der Waals surface area contributed by atoms with Crippen LogP contribution in [0, 0.1) is 5.92 Å². The van der Waals surface area contributed by atoms with Crippen LogP contribution in [0.1, 0.15) is 30.5 Å². The third kappa shape index (κ3) is 2.95. The summed E-state index contributed by atoms with van der Waals surface area (Å²) in [7, 11) is 2.82. The number of nitrogens with zero attached hydrogens (tertiary/aromatic N) is 1. The van der Waals surface area contributed by atoms with E-state index in [-0.39, 0.29) is 18.6 Å². The molecule has 0 spiro atoms. The van der Waals surface area contributed by atoms with E-state index in [9.17, 15) is 14.7 Å². The molecule has 6 heteroatoms. The molecule has 0 aliphatic heterocycles. The first-order valence-electron chi connectivity index (χ1n) is 6.97. The fourth-order valence-corrected chi connectivity index (χ4v) is 2.69. The highest BCUT2D eigenvalue weighted by Crippen LogP contribution is 2.34. The standard InChI is InChI=1S/C16H19NO5/c1-9-6-12(16(20)22-3)11-4-5-14(21-2)17-13(11)7-10(8-18)15(9)19/h4-5,8,10,12,19H,6-7H2,1-3H3/t10?,12-/m0/s1. The third-order valence-electron chi connectivity index (χ3n) is 3.93. The van der Waals surface area contributed by atoms with Crippen molar-refractivity contribution < 1.29 is 24.2 Å². The topological polar surface area (TPSA) is 85.7 Å². The van der Waals surface area contributed by atoms with Crippen LogP contribution < -0.4 is 4.74 Å². The number of rotatable bonds is 3. The monoisotopic (exact) mass is 305 g/mol. The molecular formula is C16H19NO5. The van der Waals surface area contributed by atoms with Gasteiger partial charge >= 0.3 is 5.97 Å². The van der Waals surface area contributed by atoms with Gasteiger partial charge in [0.2, 0.25) is 5.88 Å². The molecule has 1 aromatic heterocycles. The molecule has 0 saturated carbocycles. The van der Waals surface area contributed by atoms with Crippen molar-refractivity contribution in [3.8, 4) is 5.88 Å². The third-order valence-corrected chi connectivity index (χ3v) is 3.93. The van der Waals surface area contributed by atoms with E-state index in [1.807, 2.05) is 0 Å². The maximum absolute atomic E-state index is 12.1. The Labute approximate surface area is 128 Å². The summed E-state index contributed by atoms with van der Waals surface area (Å²) in [5.74, 6) is -1.23. The van der Waals surface area contributed by atoms with Crippen molar-refractivity contribution in [2.75, 3.05) is 14.2 Å². The first-order chi connectivity index (χ1) is 10.5. The highest BCUT2D eigenvalue weighted by molar-refractivity contribution is 5.79. The molecule has 2 rings (SSSR count). The van der Waals surface area contributed by atoms with Gasteiger partial charge in [-0.2, -0.15) is 0 Å². The number of hydrogen-bond acceptors (Lipinski definition) is 6. The van der Waals surface area contributed by atoms with E-state index < -0.39 is 17.8 Å². The van der Waals surface area contributed by atoms with Gasteiger partial charge in [0.05, 0.1) is 26.1 Å². The fourth-order valence-electron chi connectivity index (χ4n) is 2.69. The van der Waals surface area contributed by atoms with Crippen LogP contribution in [0.3, 0.4) is 0 Å². The Morgan fingerprint density at radius 1 is 1.36 bits per heavy atom. The molecule has 1 aliphatic carbocycles. The molecule has 1 unspecified atom stereocenters. The fraction of sp³-hybridized carbons (Fsp3) is 0.438. The molecule has 0 aromatic carbocycles. The summed E-state index contributed by atoms with van der Waals surface area (Å²) in [6.45, 7) is 1.71. The Morgan fingerprint density at radius 2 is 2.09 bits per heavy atom. The molecule has 0 radical (unpaired) electrons. The second kappa shape index (κ2) is 6.60. The number of aromatic nitrogens is 1. The Bertz CT molecular complexity index is 623. The van der Waals surface area contributed by atoms with Crippen molar-refractivity contribution in [3.63, 3.8) is 0 Å². The number of aliphatic hydroxyl groups is 1. The van der Waals surface area contributed by atoms with Crippen LogP contribution in [0.4, 0.5) is 0 Å². The second-order valence-corrected chi connectivity index (χ2v) is 5.28. The van der Waals surface area contributed by atoms with E-state index in [1.165, 1.54) is 14.2 Å². The van der Waals surface area contributed by atoms with Gasteiger partial charge < -0.3 is 19.4 Å². The molecule has 0 bridgehead atoms. The molecule has 22 heavy (non-hydrogen) atoms. The molecule has 1 aliphatic rings. The Kier molecular flexibility index (Phi) is 4.80. The highest BCUT2D eigenvalue weighted by atomic mass is 16.5. The number of aldehydes is 1. The number of aliphatic hydroxyl groups excluding tert-OH is 1. The van der Waals surface area contributed by atoms with E-state index in [0.29, 0.717) is 29.0 Å². The van der Waals surface area contributed by atoms with Gasteiger partial charge in [-0.05, 0) is 24.5 Å². The predicted octanol–water partition coefficient (Wildman–Crippen LogP) is 1.94. The summed E-state index contributed by atoms with van der Waals surface area (Å²) in [6.07, 6.45) is 1.19. The first kappa shape index (κ1) is 16.0. The average molecular weight is 305 g/mol. The van der Waals surface area contributed by atoms with E-state index in [2.05, 4.69) is 4.98 Å². The minimum absolute atomic E-state index is 0.000766. The molecule has 0 fully saturated rings. The van der Waals surface area contributed by atoms with Crippen LogP contribution in [-0.2, 0) is 20.7 Å². The zero-order chi connectivity index (χ0) is 16.3. The number of esters is 1. The maximum Gasteiger partial charge on any atom is 0.313 e. The predicted molar refractivity (Wildman–Crippen MR) is 78.7 cm³/mol. The molecule has 0 saturated heterocycles. The van der Waals surface area contributed by atoms with Crippen molar-refractivity contribution in [2.24, 2.45) is 5.92 Å². The Morgan fingerprint density at radius 3 is 2.68 bits per heavy atom. The second-order valence-electron chi connectivity index (χ2n) is 5.28. The van der Waals surface area contributed by atoms with Crippen LogP contribution in [0.15, 0.2) is 23.5 Å². The summed E-state index contributed by atoms with van der Waals surface area (Å²) < 4.78 is 9.97.